The predicted octanol–water partition coefficient (Wildman–Crippen LogP) is -0.0641. The van der Waals surface area contributed by atoms with Crippen LogP contribution in [0, 0.1) is 0 Å². The highest BCUT2D eigenvalue weighted by Gasteiger charge is 2.02. The van der Waals surface area contributed by atoms with E-state index in [0.717, 1.165) is 0 Å². The van der Waals surface area contributed by atoms with Gasteiger partial charge in [0.2, 0.25) is 0 Å². The van der Waals surface area contributed by atoms with E-state index in [1.54, 1.807) is 6.92 Å². The monoisotopic (exact) mass is 145 g/mol. The van der Waals surface area contributed by atoms with Crippen molar-refractivity contribution in [2.75, 3.05) is 13.2 Å². The first-order chi connectivity index (χ1) is 4.66. The van der Waals surface area contributed by atoms with Crippen LogP contribution in [0.1, 0.15) is 20.3 Å². The molecule has 0 saturated carbocycles. The van der Waals surface area contributed by atoms with Crippen LogP contribution in [0.2, 0.25) is 0 Å². The van der Waals surface area contributed by atoms with Crippen LogP contribution in [0.5, 0.6) is 0 Å². The molecule has 0 bridgehead atoms. The Balaban J connectivity index is 3.25. The number of rotatable bonds is 5. The molecule has 0 aliphatic heterocycles. The molecule has 0 aromatic heterocycles. The molecule has 0 radical (unpaired) electrons. The third kappa shape index (κ3) is 5.72. The van der Waals surface area contributed by atoms with Gasteiger partial charge in [-0.2, -0.15) is 0 Å². The maximum Gasteiger partial charge on any atom is 0.131 e. The number of nitrogens with one attached hydrogen (secondary N) is 1. The minimum atomic E-state index is 0.127. The molecule has 3 nitrogen and oxygen atoms in total. The molecule has 10 heavy (non-hydrogen) atoms. The van der Waals surface area contributed by atoms with Crippen LogP contribution in [-0.4, -0.2) is 30.1 Å². The van der Waals surface area contributed by atoms with E-state index in [0.29, 0.717) is 13.0 Å². The largest absolute Gasteiger partial charge is 0.395 e. The zero-order chi connectivity index (χ0) is 7.98. The van der Waals surface area contributed by atoms with Gasteiger partial charge in [0, 0.05) is 19.0 Å². The topological polar surface area (TPSA) is 49.3 Å². The van der Waals surface area contributed by atoms with Gasteiger partial charge >= 0.3 is 0 Å². The average molecular weight is 145 g/mol. The lowest BCUT2D eigenvalue weighted by Gasteiger charge is -2.09. The molecule has 0 aliphatic carbocycles. The Bertz CT molecular complexity index is 104. The highest BCUT2D eigenvalue weighted by molar-refractivity contribution is 5.76. The van der Waals surface area contributed by atoms with Crippen LogP contribution >= 0.6 is 0 Å². The van der Waals surface area contributed by atoms with E-state index in [2.05, 4.69) is 5.32 Å². The number of ketones is 1. The molecule has 0 saturated heterocycles. The SMILES string of the molecule is CC(=O)CC(C)NCCO. The Kier molecular flexibility index (Phi) is 5.16. The van der Waals surface area contributed by atoms with Gasteiger partial charge in [0.25, 0.3) is 0 Å². The van der Waals surface area contributed by atoms with E-state index >= 15 is 0 Å². The molecule has 2 N–H and O–H groups in total. The summed E-state index contributed by atoms with van der Waals surface area (Å²) in [5, 5.41) is 11.4. The van der Waals surface area contributed by atoms with Crippen molar-refractivity contribution in [3.8, 4) is 0 Å². The average Bonchev–Trinajstić information content (AvgIpc) is 1.82. The smallest absolute Gasteiger partial charge is 0.131 e. The summed E-state index contributed by atoms with van der Waals surface area (Å²) < 4.78 is 0. The Morgan fingerprint density at radius 1 is 1.70 bits per heavy atom. The fourth-order valence-electron chi connectivity index (χ4n) is 0.814. The molecule has 0 rings (SSSR count). The first-order valence-corrected chi connectivity index (χ1v) is 3.50. The lowest BCUT2D eigenvalue weighted by molar-refractivity contribution is -0.117. The Morgan fingerprint density at radius 3 is 2.70 bits per heavy atom. The molecule has 0 aliphatic rings. The second-order valence-corrected chi connectivity index (χ2v) is 2.48. The van der Waals surface area contributed by atoms with Crippen molar-refractivity contribution in [1.29, 1.82) is 0 Å². The van der Waals surface area contributed by atoms with Crippen LogP contribution in [-0.2, 0) is 4.79 Å². The Labute approximate surface area is 61.4 Å². The highest BCUT2D eigenvalue weighted by atomic mass is 16.3. The summed E-state index contributed by atoms with van der Waals surface area (Å²) in [6.45, 7) is 4.19. The van der Waals surface area contributed by atoms with Gasteiger partial charge in [-0.1, -0.05) is 0 Å². The fraction of sp³-hybridized carbons (Fsp3) is 0.857. The molecule has 0 amide bonds. The van der Waals surface area contributed by atoms with Crippen molar-refractivity contribution in [3.05, 3.63) is 0 Å². The number of hydrogen-bond acceptors (Lipinski definition) is 3. The summed E-state index contributed by atoms with van der Waals surface area (Å²) in [5.41, 5.74) is 0. The molecule has 0 heterocycles. The number of Topliss-reactive ketones (excluding diaryl/α,β-unsaturated/α-hetero) is 1. The predicted molar refractivity (Wildman–Crippen MR) is 39.8 cm³/mol. The maximum atomic E-state index is 10.5. The van der Waals surface area contributed by atoms with Gasteiger partial charge in [0.1, 0.15) is 5.78 Å². The fourth-order valence-corrected chi connectivity index (χ4v) is 0.814. The van der Waals surface area contributed by atoms with Crippen molar-refractivity contribution in [2.24, 2.45) is 0 Å². The van der Waals surface area contributed by atoms with Crippen LogP contribution in [0.4, 0.5) is 0 Å². The van der Waals surface area contributed by atoms with Gasteiger partial charge in [-0.25, -0.2) is 0 Å². The molecule has 3 heteroatoms. The Hall–Kier alpha value is -0.410. The van der Waals surface area contributed by atoms with Crippen molar-refractivity contribution < 1.29 is 9.90 Å². The van der Waals surface area contributed by atoms with Gasteiger partial charge in [0.15, 0.2) is 0 Å². The summed E-state index contributed by atoms with van der Waals surface area (Å²) in [5.74, 6) is 0.179. The van der Waals surface area contributed by atoms with Gasteiger partial charge in [-0.3, -0.25) is 4.79 Å². The number of carbonyl (C=O) groups is 1. The van der Waals surface area contributed by atoms with E-state index in [9.17, 15) is 4.79 Å². The van der Waals surface area contributed by atoms with Crippen LogP contribution < -0.4 is 5.32 Å². The number of carbonyl (C=O) groups excluding carboxylic acids is 1. The van der Waals surface area contributed by atoms with E-state index in [1.165, 1.54) is 0 Å². The van der Waals surface area contributed by atoms with Crippen molar-refractivity contribution in [1.82, 2.24) is 5.32 Å². The third-order valence-corrected chi connectivity index (χ3v) is 1.20. The second kappa shape index (κ2) is 5.38. The van der Waals surface area contributed by atoms with E-state index < -0.39 is 0 Å². The highest BCUT2D eigenvalue weighted by Crippen LogP contribution is 1.89. The van der Waals surface area contributed by atoms with E-state index in [-0.39, 0.29) is 18.4 Å². The van der Waals surface area contributed by atoms with Crippen LogP contribution in [0.25, 0.3) is 0 Å². The lowest BCUT2D eigenvalue weighted by Crippen LogP contribution is -2.30. The zero-order valence-electron chi connectivity index (χ0n) is 6.55. The van der Waals surface area contributed by atoms with Crippen LogP contribution in [0.3, 0.4) is 0 Å². The van der Waals surface area contributed by atoms with Gasteiger partial charge < -0.3 is 10.4 Å². The molecular formula is C7H15NO2. The summed E-state index contributed by atoms with van der Waals surface area (Å²) in [6, 6.07) is 0.185. The quantitative estimate of drug-likeness (QED) is 0.569. The van der Waals surface area contributed by atoms with E-state index in [4.69, 9.17) is 5.11 Å². The molecule has 1 atom stereocenters. The maximum absolute atomic E-state index is 10.5. The van der Waals surface area contributed by atoms with Crippen molar-refractivity contribution in [3.63, 3.8) is 0 Å². The molecule has 0 aromatic carbocycles. The van der Waals surface area contributed by atoms with Gasteiger partial charge in [0.05, 0.1) is 6.61 Å². The first kappa shape index (κ1) is 9.59. The summed E-state index contributed by atoms with van der Waals surface area (Å²) in [7, 11) is 0. The molecule has 1 unspecified atom stereocenters. The zero-order valence-corrected chi connectivity index (χ0v) is 6.55. The van der Waals surface area contributed by atoms with Crippen molar-refractivity contribution in [2.45, 2.75) is 26.3 Å². The molecular weight excluding hydrogens is 130 g/mol. The van der Waals surface area contributed by atoms with Crippen LogP contribution in [0.15, 0.2) is 0 Å². The second-order valence-electron chi connectivity index (χ2n) is 2.48. The summed E-state index contributed by atoms with van der Waals surface area (Å²) in [6.07, 6.45) is 0.542. The lowest BCUT2D eigenvalue weighted by atomic mass is 10.2. The number of aliphatic hydroxyl groups is 1. The normalized spacial score (nSPS) is 13.1. The minimum absolute atomic E-state index is 0.127. The Morgan fingerprint density at radius 2 is 2.30 bits per heavy atom. The van der Waals surface area contributed by atoms with Crippen molar-refractivity contribution >= 4 is 5.78 Å². The molecule has 0 spiro atoms. The molecule has 60 valence electrons. The molecule has 0 fully saturated rings. The number of hydrogen-bond donors (Lipinski definition) is 2. The summed E-state index contributed by atoms with van der Waals surface area (Å²) in [4.78, 5) is 10.5. The first-order valence-electron chi connectivity index (χ1n) is 3.50. The third-order valence-electron chi connectivity index (χ3n) is 1.20. The van der Waals surface area contributed by atoms with E-state index in [1.807, 2.05) is 6.92 Å². The minimum Gasteiger partial charge on any atom is -0.395 e. The number of aliphatic hydroxyl groups excluding tert-OH is 1. The summed E-state index contributed by atoms with van der Waals surface area (Å²) >= 11 is 0. The standard InChI is InChI=1S/C7H15NO2/c1-6(5-7(2)10)8-3-4-9/h6,8-9H,3-5H2,1-2H3. The van der Waals surface area contributed by atoms with Gasteiger partial charge in [-0.15, -0.1) is 0 Å². The molecule has 0 aromatic rings. The van der Waals surface area contributed by atoms with Gasteiger partial charge in [-0.05, 0) is 13.8 Å².